The topological polar surface area (TPSA) is 84.0 Å². The van der Waals surface area contributed by atoms with Gasteiger partial charge in [0.25, 0.3) is 0 Å². The number of thioether (sulfide) groups is 1. The molecule has 4 nitrogen and oxygen atoms in total. The monoisotopic (exact) mass is 318 g/mol. The highest BCUT2D eigenvalue weighted by Crippen LogP contribution is 2.25. The molecular weight excluding hydrogens is 304 g/mol. The summed E-state index contributed by atoms with van der Waals surface area (Å²) in [6, 6.07) is 15.4. The van der Waals surface area contributed by atoms with Crippen molar-refractivity contribution in [3.63, 3.8) is 0 Å². The van der Waals surface area contributed by atoms with Gasteiger partial charge in [-0.15, -0.1) is 11.8 Å². The number of nitriles is 1. The summed E-state index contributed by atoms with van der Waals surface area (Å²) in [5.41, 5.74) is 6.80. The molecule has 0 fully saturated rings. The lowest BCUT2D eigenvalue weighted by Crippen LogP contribution is -2.09. The first-order chi connectivity index (χ1) is 10.0. The van der Waals surface area contributed by atoms with E-state index in [-0.39, 0.29) is 10.6 Å². The molecule has 0 heterocycles. The van der Waals surface area contributed by atoms with Gasteiger partial charge in [-0.3, -0.25) is 0 Å². The zero-order chi connectivity index (χ0) is 15.3. The van der Waals surface area contributed by atoms with Crippen molar-refractivity contribution in [2.45, 2.75) is 9.79 Å². The Hall–Kier alpha value is -1.97. The zero-order valence-electron chi connectivity index (χ0n) is 11.2. The fraction of sp³-hybridized carbons (Fsp3) is 0.133. The van der Waals surface area contributed by atoms with E-state index in [1.165, 1.54) is 23.9 Å². The van der Waals surface area contributed by atoms with Crippen LogP contribution in [-0.2, 0) is 9.84 Å². The molecule has 0 atom stereocenters. The van der Waals surface area contributed by atoms with Gasteiger partial charge in [-0.1, -0.05) is 18.2 Å². The van der Waals surface area contributed by atoms with Crippen molar-refractivity contribution in [1.29, 1.82) is 5.26 Å². The summed E-state index contributed by atoms with van der Waals surface area (Å²) < 4.78 is 24.4. The van der Waals surface area contributed by atoms with Crippen molar-refractivity contribution >= 4 is 27.3 Å². The molecule has 0 aliphatic rings. The largest absolute Gasteiger partial charge is 0.398 e. The predicted molar refractivity (Wildman–Crippen MR) is 84.8 cm³/mol. The Morgan fingerprint density at radius 3 is 2.62 bits per heavy atom. The van der Waals surface area contributed by atoms with Gasteiger partial charge in [-0.25, -0.2) is 8.42 Å². The van der Waals surface area contributed by atoms with Gasteiger partial charge in [0.2, 0.25) is 0 Å². The molecule has 108 valence electrons. The summed E-state index contributed by atoms with van der Waals surface area (Å²) >= 11 is 1.41. The number of anilines is 1. The van der Waals surface area contributed by atoms with Crippen LogP contribution >= 0.6 is 11.8 Å². The lowest BCUT2D eigenvalue weighted by Gasteiger charge is -2.06. The van der Waals surface area contributed by atoms with Crippen LogP contribution in [0, 0.1) is 11.3 Å². The molecule has 0 amide bonds. The van der Waals surface area contributed by atoms with Crippen LogP contribution in [0.1, 0.15) is 5.56 Å². The highest BCUT2D eigenvalue weighted by atomic mass is 32.2. The normalized spacial score (nSPS) is 11.0. The van der Waals surface area contributed by atoms with Crippen molar-refractivity contribution in [3.8, 4) is 6.07 Å². The number of nitrogen functional groups attached to an aromatic ring is 1. The quantitative estimate of drug-likeness (QED) is 0.677. The van der Waals surface area contributed by atoms with Gasteiger partial charge in [0, 0.05) is 16.3 Å². The molecule has 0 saturated heterocycles. The van der Waals surface area contributed by atoms with Crippen molar-refractivity contribution in [1.82, 2.24) is 0 Å². The summed E-state index contributed by atoms with van der Waals surface area (Å²) in [5.74, 6) is 0.411. The molecule has 0 saturated carbocycles. The first-order valence-corrected chi connectivity index (χ1v) is 8.87. The molecule has 0 radical (unpaired) electrons. The van der Waals surface area contributed by atoms with Crippen molar-refractivity contribution in [3.05, 3.63) is 54.1 Å². The summed E-state index contributed by atoms with van der Waals surface area (Å²) in [6.45, 7) is 0. The average molecular weight is 318 g/mol. The van der Waals surface area contributed by atoms with E-state index in [1.807, 2.05) is 24.3 Å². The molecule has 0 aromatic heterocycles. The van der Waals surface area contributed by atoms with Crippen LogP contribution in [0.4, 0.5) is 5.69 Å². The van der Waals surface area contributed by atoms with Gasteiger partial charge in [0.05, 0.1) is 22.3 Å². The standard InChI is InChI=1S/C15H14N2O2S2/c16-11-12-4-3-5-13(10-12)21(18,19)9-8-20-15-7-2-1-6-14(15)17/h1-7,10H,8-9,17H2. The molecule has 0 bridgehead atoms. The average Bonchev–Trinajstić information content (AvgIpc) is 2.49. The lowest BCUT2D eigenvalue weighted by atomic mass is 10.2. The van der Waals surface area contributed by atoms with E-state index in [0.717, 1.165) is 4.90 Å². The number of benzene rings is 2. The molecule has 0 aliphatic heterocycles. The van der Waals surface area contributed by atoms with Gasteiger partial charge in [-0.2, -0.15) is 5.26 Å². The minimum Gasteiger partial charge on any atom is -0.398 e. The Morgan fingerprint density at radius 1 is 1.14 bits per heavy atom. The first kappa shape index (κ1) is 15.4. The third kappa shape index (κ3) is 4.00. The number of para-hydroxylation sites is 1. The summed E-state index contributed by atoms with van der Waals surface area (Å²) in [4.78, 5) is 1.06. The molecule has 21 heavy (non-hydrogen) atoms. The van der Waals surface area contributed by atoms with Crippen LogP contribution < -0.4 is 5.73 Å². The van der Waals surface area contributed by atoms with Crippen LogP contribution in [-0.4, -0.2) is 19.9 Å². The molecule has 2 N–H and O–H groups in total. The summed E-state index contributed by atoms with van der Waals surface area (Å²) in [5, 5.41) is 8.82. The van der Waals surface area contributed by atoms with Gasteiger partial charge < -0.3 is 5.73 Å². The Bertz CT molecular complexity index is 780. The Kier molecular flexibility index (Phi) is 4.89. The summed E-state index contributed by atoms with van der Waals surface area (Å²) in [7, 11) is -3.39. The molecule has 0 aliphatic carbocycles. The number of rotatable bonds is 5. The van der Waals surface area contributed by atoms with E-state index >= 15 is 0 Å². The van der Waals surface area contributed by atoms with Gasteiger partial charge in [-0.05, 0) is 30.3 Å². The second kappa shape index (κ2) is 6.66. The molecule has 6 heteroatoms. The predicted octanol–water partition coefficient (Wildman–Crippen LogP) is 2.71. The third-order valence-corrected chi connectivity index (χ3v) is 5.91. The van der Waals surface area contributed by atoms with E-state index in [4.69, 9.17) is 11.0 Å². The van der Waals surface area contributed by atoms with Crippen molar-refractivity contribution in [2.75, 3.05) is 17.2 Å². The summed E-state index contributed by atoms with van der Waals surface area (Å²) in [6.07, 6.45) is 0. The smallest absolute Gasteiger partial charge is 0.179 e. The molecule has 0 spiro atoms. The molecular formula is C15H14N2O2S2. The second-order valence-corrected chi connectivity index (χ2v) is 7.59. The Balaban J connectivity index is 2.05. The minimum atomic E-state index is -3.39. The van der Waals surface area contributed by atoms with Crippen LogP contribution in [0.15, 0.2) is 58.3 Å². The maximum absolute atomic E-state index is 12.2. The maximum atomic E-state index is 12.2. The molecule has 2 aromatic rings. The Labute approximate surface area is 128 Å². The van der Waals surface area contributed by atoms with E-state index in [0.29, 0.717) is 17.0 Å². The fourth-order valence-electron chi connectivity index (χ4n) is 1.75. The molecule has 2 rings (SSSR count). The van der Waals surface area contributed by atoms with Gasteiger partial charge in [0.1, 0.15) is 0 Å². The van der Waals surface area contributed by atoms with Crippen molar-refractivity contribution in [2.24, 2.45) is 0 Å². The first-order valence-electron chi connectivity index (χ1n) is 6.23. The Morgan fingerprint density at radius 2 is 1.90 bits per heavy atom. The maximum Gasteiger partial charge on any atom is 0.179 e. The number of hydrogen-bond acceptors (Lipinski definition) is 5. The highest BCUT2D eigenvalue weighted by molar-refractivity contribution is 8.00. The highest BCUT2D eigenvalue weighted by Gasteiger charge is 2.15. The van der Waals surface area contributed by atoms with Crippen LogP contribution in [0.25, 0.3) is 0 Å². The van der Waals surface area contributed by atoms with Crippen LogP contribution in [0.3, 0.4) is 0 Å². The molecule has 0 unspecified atom stereocenters. The van der Waals surface area contributed by atoms with Gasteiger partial charge in [0.15, 0.2) is 9.84 Å². The van der Waals surface area contributed by atoms with Crippen molar-refractivity contribution < 1.29 is 8.42 Å². The number of nitrogens with two attached hydrogens (primary N) is 1. The number of hydrogen-bond donors (Lipinski definition) is 1. The van der Waals surface area contributed by atoms with E-state index in [9.17, 15) is 8.42 Å². The van der Waals surface area contributed by atoms with E-state index in [1.54, 1.807) is 18.2 Å². The fourth-order valence-corrected chi connectivity index (χ4v) is 4.42. The lowest BCUT2D eigenvalue weighted by molar-refractivity contribution is 0.597. The molecule has 2 aromatic carbocycles. The van der Waals surface area contributed by atoms with Crippen LogP contribution in [0.5, 0.6) is 0 Å². The minimum absolute atomic E-state index is 0.000876. The van der Waals surface area contributed by atoms with E-state index < -0.39 is 9.84 Å². The van der Waals surface area contributed by atoms with E-state index in [2.05, 4.69) is 0 Å². The number of nitrogens with zero attached hydrogens (tertiary/aromatic N) is 1. The third-order valence-electron chi connectivity index (χ3n) is 2.85. The number of sulfone groups is 1. The van der Waals surface area contributed by atoms with Crippen LogP contribution in [0.2, 0.25) is 0 Å². The zero-order valence-corrected chi connectivity index (χ0v) is 12.8. The SMILES string of the molecule is N#Cc1cccc(S(=O)(=O)CCSc2ccccc2N)c1. The second-order valence-electron chi connectivity index (χ2n) is 4.34. The van der Waals surface area contributed by atoms with Gasteiger partial charge >= 0.3 is 0 Å².